The molecule has 2 aromatic carbocycles. The largest absolute Gasteiger partial charge is 0.416 e. The van der Waals surface area contributed by atoms with Crippen LogP contribution in [0.3, 0.4) is 0 Å². The minimum atomic E-state index is -4.43. The van der Waals surface area contributed by atoms with Crippen molar-refractivity contribution in [2.45, 2.75) is 13.1 Å². The normalized spacial score (nSPS) is 11.9. The number of hydrogen-bond acceptors (Lipinski definition) is 3. The lowest BCUT2D eigenvalue weighted by Crippen LogP contribution is -2.26. The van der Waals surface area contributed by atoms with Gasteiger partial charge in [0.1, 0.15) is 0 Å². The summed E-state index contributed by atoms with van der Waals surface area (Å²) in [5, 5.41) is 7.65. The minimum Gasteiger partial charge on any atom is -0.376 e. The van der Waals surface area contributed by atoms with Gasteiger partial charge in [-0.25, -0.2) is 5.43 Å². The highest BCUT2D eigenvalue weighted by Gasteiger charge is 2.30. The van der Waals surface area contributed by atoms with Crippen LogP contribution in [0, 0.1) is 6.92 Å². The molecule has 0 radical (unpaired) electrons. The Bertz CT molecular complexity index is 1040. The number of carbonyl (C=O) groups excluding carboxylic acids is 1. The van der Waals surface area contributed by atoms with E-state index in [-0.39, 0.29) is 12.2 Å². The summed E-state index contributed by atoms with van der Waals surface area (Å²) >= 11 is 0. The molecule has 2 N–H and O–H groups in total. The summed E-state index contributed by atoms with van der Waals surface area (Å²) in [7, 11) is 1.95. The molecule has 0 fully saturated rings. The molecular formula is C20H19F3N4O. The second kappa shape index (κ2) is 7.75. The maximum Gasteiger partial charge on any atom is 0.416 e. The van der Waals surface area contributed by atoms with Crippen LogP contribution in [0.25, 0.3) is 10.9 Å². The van der Waals surface area contributed by atoms with Crippen molar-refractivity contribution in [2.24, 2.45) is 12.1 Å². The number of aryl methyl sites for hydroxylation is 1. The number of alkyl halides is 3. The van der Waals surface area contributed by atoms with E-state index in [4.69, 9.17) is 0 Å². The average Bonchev–Trinajstić information content (AvgIpc) is 2.91. The predicted octanol–water partition coefficient (Wildman–Crippen LogP) is 4.07. The van der Waals surface area contributed by atoms with E-state index in [1.807, 2.05) is 42.8 Å². The zero-order chi connectivity index (χ0) is 20.3. The van der Waals surface area contributed by atoms with Crippen LogP contribution in [0.2, 0.25) is 0 Å². The third-order valence-corrected chi connectivity index (χ3v) is 4.47. The first-order valence-electron chi connectivity index (χ1n) is 8.54. The summed E-state index contributed by atoms with van der Waals surface area (Å²) in [6.45, 7) is 1.76. The van der Waals surface area contributed by atoms with Crippen LogP contribution < -0.4 is 10.7 Å². The lowest BCUT2D eigenvalue weighted by molar-refractivity contribution is -0.137. The van der Waals surface area contributed by atoms with Crippen molar-refractivity contribution in [2.75, 3.05) is 11.9 Å². The molecule has 0 saturated heterocycles. The molecule has 0 saturated carbocycles. The molecular weight excluding hydrogens is 369 g/mol. The van der Waals surface area contributed by atoms with Gasteiger partial charge in [-0.2, -0.15) is 18.3 Å². The number of hydrogen-bond donors (Lipinski definition) is 2. The van der Waals surface area contributed by atoms with Gasteiger partial charge in [-0.1, -0.05) is 24.3 Å². The standard InChI is InChI=1S/C20H19F3N4O/c1-13-17(16-8-3-4-9-18(16)27(13)2)11-25-26-19(28)12-24-15-7-5-6-14(10-15)20(21,22)23/h3-11,24H,12H2,1-2H3,(H,26,28)/b25-11-. The summed E-state index contributed by atoms with van der Waals surface area (Å²) in [5.41, 5.74) is 4.76. The van der Waals surface area contributed by atoms with Gasteiger partial charge >= 0.3 is 6.18 Å². The molecule has 0 aliphatic rings. The number of carbonyl (C=O) groups is 1. The van der Waals surface area contributed by atoms with Gasteiger partial charge in [-0.3, -0.25) is 4.79 Å². The molecule has 1 amide bonds. The van der Waals surface area contributed by atoms with Crippen molar-refractivity contribution < 1.29 is 18.0 Å². The van der Waals surface area contributed by atoms with Gasteiger partial charge in [0, 0.05) is 34.9 Å². The molecule has 8 heteroatoms. The first-order valence-corrected chi connectivity index (χ1v) is 8.54. The Morgan fingerprint density at radius 3 is 2.68 bits per heavy atom. The van der Waals surface area contributed by atoms with Crippen LogP contribution in [-0.2, 0) is 18.0 Å². The maximum absolute atomic E-state index is 12.7. The maximum atomic E-state index is 12.7. The summed E-state index contributed by atoms with van der Waals surface area (Å²) in [4.78, 5) is 11.9. The summed E-state index contributed by atoms with van der Waals surface area (Å²) in [5.74, 6) is -0.466. The molecule has 0 spiro atoms. The highest BCUT2D eigenvalue weighted by molar-refractivity contribution is 6.01. The van der Waals surface area contributed by atoms with E-state index in [2.05, 4.69) is 15.8 Å². The predicted molar refractivity (Wildman–Crippen MR) is 103 cm³/mol. The van der Waals surface area contributed by atoms with E-state index >= 15 is 0 Å². The van der Waals surface area contributed by atoms with Gasteiger partial charge in [-0.15, -0.1) is 0 Å². The summed E-state index contributed by atoms with van der Waals surface area (Å²) in [6.07, 6.45) is -2.86. The third-order valence-electron chi connectivity index (χ3n) is 4.47. The number of halogens is 3. The second-order valence-electron chi connectivity index (χ2n) is 6.30. The Morgan fingerprint density at radius 2 is 1.93 bits per heavy atom. The number of benzene rings is 2. The van der Waals surface area contributed by atoms with Crippen LogP contribution in [0.4, 0.5) is 18.9 Å². The van der Waals surface area contributed by atoms with Crippen LogP contribution in [0.5, 0.6) is 0 Å². The van der Waals surface area contributed by atoms with Gasteiger partial charge in [0.25, 0.3) is 5.91 Å². The molecule has 28 heavy (non-hydrogen) atoms. The lowest BCUT2D eigenvalue weighted by Gasteiger charge is -2.10. The smallest absolute Gasteiger partial charge is 0.376 e. The monoisotopic (exact) mass is 388 g/mol. The summed E-state index contributed by atoms with van der Waals surface area (Å²) in [6, 6.07) is 12.5. The number of rotatable bonds is 5. The molecule has 0 atom stereocenters. The highest BCUT2D eigenvalue weighted by Crippen LogP contribution is 2.30. The van der Waals surface area contributed by atoms with Crippen molar-refractivity contribution in [3.05, 3.63) is 65.4 Å². The molecule has 0 bridgehead atoms. The fraction of sp³-hybridized carbons (Fsp3) is 0.200. The summed E-state index contributed by atoms with van der Waals surface area (Å²) < 4.78 is 40.2. The lowest BCUT2D eigenvalue weighted by atomic mass is 10.1. The van der Waals surface area contributed by atoms with Crippen molar-refractivity contribution in [3.8, 4) is 0 Å². The Kier molecular flexibility index (Phi) is 5.39. The number of amides is 1. The minimum absolute atomic E-state index is 0.201. The number of fused-ring (bicyclic) bond motifs is 1. The molecule has 1 heterocycles. The number of nitrogens with zero attached hydrogens (tertiary/aromatic N) is 2. The van der Waals surface area contributed by atoms with E-state index in [1.54, 1.807) is 6.21 Å². The zero-order valence-corrected chi connectivity index (χ0v) is 15.3. The molecule has 3 rings (SSSR count). The number of aromatic nitrogens is 1. The third kappa shape index (κ3) is 4.16. The Hall–Kier alpha value is -3.29. The zero-order valence-electron chi connectivity index (χ0n) is 15.3. The Labute approximate surface area is 159 Å². The molecule has 3 aromatic rings. The number of para-hydroxylation sites is 1. The van der Waals surface area contributed by atoms with E-state index in [0.29, 0.717) is 0 Å². The fourth-order valence-corrected chi connectivity index (χ4v) is 2.91. The van der Waals surface area contributed by atoms with Crippen LogP contribution in [-0.4, -0.2) is 23.2 Å². The van der Waals surface area contributed by atoms with Crippen LogP contribution in [0.15, 0.2) is 53.6 Å². The van der Waals surface area contributed by atoms with E-state index in [1.165, 1.54) is 12.1 Å². The Morgan fingerprint density at radius 1 is 1.18 bits per heavy atom. The van der Waals surface area contributed by atoms with Gasteiger partial charge in [0.05, 0.1) is 18.3 Å². The SMILES string of the molecule is Cc1c(/C=N\NC(=O)CNc2cccc(C(F)(F)F)c2)c2ccccc2n1C. The number of anilines is 1. The first-order chi connectivity index (χ1) is 13.3. The second-order valence-corrected chi connectivity index (χ2v) is 6.30. The topological polar surface area (TPSA) is 58.4 Å². The van der Waals surface area contributed by atoms with Crippen LogP contribution >= 0.6 is 0 Å². The molecule has 0 unspecified atom stereocenters. The van der Waals surface area contributed by atoms with Gasteiger partial charge in [-0.05, 0) is 31.2 Å². The molecule has 1 aromatic heterocycles. The molecule has 0 aliphatic carbocycles. The van der Waals surface area contributed by atoms with Crippen molar-refractivity contribution in [3.63, 3.8) is 0 Å². The highest BCUT2D eigenvalue weighted by atomic mass is 19.4. The molecule has 146 valence electrons. The van der Waals surface area contributed by atoms with Crippen molar-refractivity contribution in [1.82, 2.24) is 9.99 Å². The number of hydrazone groups is 1. The van der Waals surface area contributed by atoms with E-state index in [0.717, 1.165) is 34.3 Å². The van der Waals surface area contributed by atoms with E-state index in [9.17, 15) is 18.0 Å². The van der Waals surface area contributed by atoms with Crippen molar-refractivity contribution in [1.29, 1.82) is 0 Å². The van der Waals surface area contributed by atoms with Gasteiger partial charge in [0.2, 0.25) is 0 Å². The number of nitrogens with one attached hydrogen (secondary N) is 2. The van der Waals surface area contributed by atoms with Crippen molar-refractivity contribution >= 4 is 28.7 Å². The van der Waals surface area contributed by atoms with E-state index < -0.39 is 17.6 Å². The first kappa shape index (κ1) is 19.5. The van der Waals surface area contributed by atoms with Crippen LogP contribution in [0.1, 0.15) is 16.8 Å². The van der Waals surface area contributed by atoms with Gasteiger partial charge in [0.15, 0.2) is 0 Å². The quantitative estimate of drug-likeness (QED) is 0.511. The molecule has 0 aliphatic heterocycles. The fourth-order valence-electron chi connectivity index (χ4n) is 2.91. The average molecular weight is 388 g/mol. The van der Waals surface area contributed by atoms with Gasteiger partial charge < -0.3 is 9.88 Å². The molecule has 5 nitrogen and oxygen atoms in total. The Balaban J connectivity index is 1.62.